The maximum atomic E-state index is 13.0. The third-order valence-corrected chi connectivity index (χ3v) is 7.53. The highest BCUT2D eigenvalue weighted by atomic mass is 16.5. The van der Waals surface area contributed by atoms with Gasteiger partial charge in [0.15, 0.2) is 0 Å². The minimum atomic E-state index is -1.26. The second kappa shape index (κ2) is 20.2. The molecule has 1 aliphatic rings. The van der Waals surface area contributed by atoms with E-state index >= 15 is 0 Å². The lowest BCUT2D eigenvalue weighted by Crippen LogP contribution is -2.55. The van der Waals surface area contributed by atoms with Gasteiger partial charge in [-0.15, -0.1) is 0 Å². The summed E-state index contributed by atoms with van der Waals surface area (Å²) in [7, 11) is 1.65. The van der Waals surface area contributed by atoms with Gasteiger partial charge in [0.1, 0.15) is 5.75 Å². The first-order chi connectivity index (χ1) is 22.0. The van der Waals surface area contributed by atoms with Gasteiger partial charge in [0.05, 0.1) is 24.7 Å². The average Bonchev–Trinajstić information content (AvgIpc) is 3.00. The molecule has 0 saturated carbocycles. The zero-order valence-electron chi connectivity index (χ0n) is 27.9. The number of methoxy groups -OCH3 is 1. The number of anilines is 1. The van der Waals surface area contributed by atoms with Gasteiger partial charge in [-0.3, -0.25) is 19.3 Å². The number of aliphatic carboxylic acids is 2. The van der Waals surface area contributed by atoms with Crippen LogP contribution in [0, 0.1) is 17.3 Å². The number of carboxylic acids is 2. The van der Waals surface area contributed by atoms with Crippen molar-refractivity contribution in [2.75, 3.05) is 57.9 Å². The summed E-state index contributed by atoms with van der Waals surface area (Å²) in [6.07, 6.45) is 1.13. The molecule has 2 rings (SSSR count). The summed E-state index contributed by atoms with van der Waals surface area (Å²) in [5.74, 6) is -3.16. The number of aliphatic hydroxyl groups is 1. The molecule has 8 N–H and O–H groups in total. The summed E-state index contributed by atoms with van der Waals surface area (Å²) in [6, 6.07) is 6.83. The molecule has 1 aromatic rings. The first-order valence-corrected chi connectivity index (χ1v) is 15.4. The Bertz CT molecular complexity index is 1210. The van der Waals surface area contributed by atoms with Crippen LogP contribution in [-0.2, 0) is 28.7 Å². The number of benzene rings is 1. The Balaban J connectivity index is 0.00000122. The zero-order chi connectivity index (χ0) is 35.7. The molecule has 47 heavy (non-hydrogen) atoms. The lowest BCUT2D eigenvalue weighted by Gasteiger charge is -2.36. The maximum absolute atomic E-state index is 13.0. The van der Waals surface area contributed by atoms with Gasteiger partial charge in [-0.1, -0.05) is 19.9 Å². The van der Waals surface area contributed by atoms with Crippen molar-refractivity contribution < 1.29 is 48.8 Å². The van der Waals surface area contributed by atoms with Gasteiger partial charge in [-0.05, 0) is 38.3 Å². The monoisotopic (exact) mass is 665 g/mol. The number of primary amides is 1. The van der Waals surface area contributed by atoms with Crippen LogP contribution in [0.5, 0.6) is 5.75 Å². The number of carbonyl (C=O) groups excluding carboxylic acids is 3. The highest BCUT2D eigenvalue weighted by Crippen LogP contribution is 2.24. The van der Waals surface area contributed by atoms with E-state index in [0.29, 0.717) is 50.7 Å². The first-order valence-electron chi connectivity index (χ1n) is 15.4. The average molecular weight is 666 g/mol. The Morgan fingerprint density at radius 3 is 2.26 bits per heavy atom. The Labute approximate surface area is 275 Å². The molecule has 15 nitrogen and oxygen atoms in total. The lowest BCUT2D eigenvalue weighted by atomic mass is 9.86. The number of amides is 3. The van der Waals surface area contributed by atoms with Gasteiger partial charge >= 0.3 is 11.9 Å². The van der Waals surface area contributed by atoms with Gasteiger partial charge in [0.2, 0.25) is 17.7 Å². The van der Waals surface area contributed by atoms with E-state index in [-0.39, 0.29) is 37.2 Å². The summed E-state index contributed by atoms with van der Waals surface area (Å²) >= 11 is 0. The summed E-state index contributed by atoms with van der Waals surface area (Å²) < 4.78 is 10.8. The predicted molar refractivity (Wildman–Crippen MR) is 175 cm³/mol. The number of nitrogens with one attached hydrogen (secondary N) is 1. The number of aliphatic hydroxyl groups excluding tert-OH is 1. The van der Waals surface area contributed by atoms with E-state index in [1.54, 1.807) is 25.9 Å². The van der Waals surface area contributed by atoms with Gasteiger partial charge in [0.25, 0.3) is 0 Å². The summed E-state index contributed by atoms with van der Waals surface area (Å²) in [5.41, 5.74) is 11.6. The molecule has 1 fully saturated rings. The van der Waals surface area contributed by atoms with Gasteiger partial charge < -0.3 is 46.5 Å². The smallest absolute Gasteiger partial charge is 0.328 e. The third kappa shape index (κ3) is 15.4. The molecule has 1 aliphatic heterocycles. The van der Waals surface area contributed by atoms with Crippen LogP contribution < -0.4 is 26.4 Å². The SMILES string of the molecule is COCCCOc1cccc(N2CCN(CC(N)C(O)CC(C(=O)NCC(C)(C)C(N)=O)C(C)C)CC2=O)c1.O=C(O)/C=C/C(=O)O. The minimum Gasteiger partial charge on any atom is -0.493 e. The highest BCUT2D eigenvalue weighted by molar-refractivity contribution is 5.95. The molecule has 0 aromatic heterocycles. The van der Waals surface area contributed by atoms with Crippen molar-refractivity contribution in [3.8, 4) is 5.75 Å². The Hall–Kier alpha value is -4.05. The number of ether oxygens (including phenoxy) is 2. The van der Waals surface area contributed by atoms with Crippen LogP contribution >= 0.6 is 0 Å². The summed E-state index contributed by atoms with van der Waals surface area (Å²) in [6.45, 7) is 9.99. The number of piperazine rings is 1. The van der Waals surface area contributed by atoms with E-state index < -0.39 is 41.3 Å². The Morgan fingerprint density at radius 1 is 1.09 bits per heavy atom. The fourth-order valence-electron chi connectivity index (χ4n) is 4.49. The molecular weight excluding hydrogens is 614 g/mol. The molecule has 3 atom stereocenters. The van der Waals surface area contributed by atoms with Crippen LogP contribution in [0.25, 0.3) is 0 Å². The number of carbonyl (C=O) groups is 5. The predicted octanol–water partition coefficient (Wildman–Crippen LogP) is 0.441. The molecular formula is C32H51N5O10. The lowest BCUT2D eigenvalue weighted by molar-refractivity contribution is -0.134. The minimum absolute atomic E-state index is 0.0478. The highest BCUT2D eigenvalue weighted by Gasteiger charge is 2.33. The van der Waals surface area contributed by atoms with E-state index in [4.69, 9.17) is 31.2 Å². The zero-order valence-corrected chi connectivity index (χ0v) is 27.9. The molecule has 0 radical (unpaired) electrons. The summed E-state index contributed by atoms with van der Waals surface area (Å²) in [5, 5.41) is 29.3. The van der Waals surface area contributed by atoms with Crippen molar-refractivity contribution in [1.29, 1.82) is 0 Å². The second-order valence-electron chi connectivity index (χ2n) is 12.3. The van der Waals surface area contributed by atoms with Crippen molar-refractivity contribution in [3.63, 3.8) is 0 Å². The van der Waals surface area contributed by atoms with Crippen molar-refractivity contribution >= 4 is 35.3 Å². The second-order valence-corrected chi connectivity index (χ2v) is 12.3. The molecule has 0 bridgehead atoms. The molecule has 0 spiro atoms. The van der Waals surface area contributed by atoms with Crippen LogP contribution in [0.15, 0.2) is 36.4 Å². The molecule has 0 aliphatic carbocycles. The van der Waals surface area contributed by atoms with Gasteiger partial charge in [-0.25, -0.2) is 9.59 Å². The van der Waals surface area contributed by atoms with Crippen molar-refractivity contribution in [1.82, 2.24) is 10.2 Å². The standard InChI is InChI=1S/C28H47N5O6.C4H4O4/c1-19(2)22(26(36)31-18-28(3,4)27(30)37)15-24(34)23(29)16-32-10-11-33(25(35)17-32)20-8-6-9-21(14-20)39-13-7-12-38-5;5-3(6)1-2-4(7)8/h6,8-9,14,19,22-24,34H,7,10-13,15-18,29H2,1-5H3,(H2,30,37)(H,31,36);1-2H,(H,5,6)(H,7,8)/b;2-1+. The van der Waals surface area contributed by atoms with Crippen LogP contribution in [-0.4, -0.2) is 115 Å². The largest absolute Gasteiger partial charge is 0.493 e. The molecule has 3 unspecified atom stereocenters. The molecule has 1 saturated heterocycles. The van der Waals surface area contributed by atoms with E-state index in [1.807, 2.05) is 43.0 Å². The normalized spacial score (nSPS) is 15.8. The molecule has 15 heteroatoms. The van der Waals surface area contributed by atoms with E-state index in [9.17, 15) is 29.1 Å². The van der Waals surface area contributed by atoms with Gasteiger partial charge in [-0.2, -0.15) is 0 Å². The van der Waals surface area contributed by atoms with Crippen LogP contribution in [0.3, 0.4) is 0 Å². The first kappa shape index (κ1) is 41.0. The molecule has 1 heterocycles. The van der Waals surface area contributed by atoms with Gasteiger partial charge in [0, 0.05) is 82.2 Å². The van der Waals surface area contributed by atoms with Crippen LogP contribution in [0.1, 0.15) is 40.5 Å². The fourth-order valence-corrected chi connectivity index (χ4v) is 4.49. The topological polar surface area (TPSA) is 235 Å². The van der Waals surface area contributed by atoms with Crippen molar-refractivity contribution in [3.05, 3.63) is 36.4 Å². The number of nitrogens with two attached hydrogens (primary N) is 2. The number of rotatable bonds is 18. The quantitative estimate of drug-likeness (QED) is 0.0926. The molecule has 1 aromatic carbocycles. The van der Waals surface area contributed by atoms with E-state index in [1.165, 1.54) is 0 Å². The van der Waals surface area contributed by atoms with Crippen LogP contribution in [0.2, 0.25) is 0 Å². The number of hydrogen-bond acceptors (Lipinski definition) is 10. The van der Waals surface area contributed by atoms with E-state index in [0.717, 1.165) is 12.1 Å². The number of hydrogen-bond donors (Lipinski definition) is 6. The Morgan fingerprint density at radius 2 is 1.72 bits per heavy atom. The summed E-state index contributed by atoms with van der Waals surface area (Å²) in [4.78, 5) is 60.1. The maximum Gasteiger partial charge on any atom is 0.328 e. The Kier molecular flexibility index (Phi) is 17.6. The van der Waals surface area contributed by atoms with Crippen molar-refractivity contribution in [2.24, 2.45) is 28.7 Å². The third-order valence-electron chi connectivity index (χ3n) is 7.53. The fraction of sp³-hybridized carbons (Fsp3) is 0.594. The molecule has 264 valence electrons. The number of nitrogens with zero attached hydrogens (tertiary/aromatic N) is 2. The van der Waals surface area contributed by atoms with E-state index in [2.05, 4.69) is 5.32 Å². The van der Waals surface area contributed by atoms with Crippen LogP contribution in [0.4, 0.5) is 5.69 Å². The molecule has 3 amide bonds. The number of carboxylic acid groups (broad SMARTS) is 2. The van der Waals surface area contributed by atoms with Crippen molar-refractivity contribution in [2.45, 2.75) is 52.7 Å².